The number of likely N-dealkylation sites (N-methyl/N-ethyl adjacent to an activating group) is 1. The Labute approximate surface area is 140 Å². The number of anilines is 1. The maximum atomic E-state index is 11.7. The van der Waals surface area contributed by atoms with Gasteiger partial charge in [-0.05, 0) is 31.6 Å². The minimum absolute atomic E-state index is 0. The second-order valence-electron chi connectivity index (χ2n) is 4.50. The highest BCUT2D eigenvalue weighted by atomic mass is 35.5. The standard InChI is InChI=1S/C15H25N3O.2ClH/c1-3-11-18(4-2)12-10-16-15(19)13-17-14-8-6-5-7-9-14;;/h5-9,17H,3-4,10-13H2,1-2H3,(H,16,19);2*1H. The van der Waals surface area contributed by atoms with Crippen LogP contribution < -0.4 is 10.6 Å². The largest absolute Gasteiger partial charge is 0.376 e. The van der Waals surface area contributed by atoms with Crippen LogP contribution in [0.4, 0.5) is 5.69 Å². The van der Waals surface area contributed by atoms with Gasteiger partial charge in [-0.15, -0.1) is 24.8 Å². The lowest BCUT2D eigenvalue weighted by Crippen LogP contribution is -2.37. The molecule has 0 aromatic heterocycles. The van der Waals surface area contributed by atoms with Gasteiger partial charge in [-0.3, -0.25) is 4.79 Å². The number of hydrogen-bond acceptors (Lipinski definition) is 3. The Bertz CT molecular complexity index is 363. The number of rotatable bonds is 9. The maximum Gasteiger partial charge on any atom is 0.239 e. The van der Waals surface area contributed by atoms with Crippen LogP contribution in [0.3, 0.4) is 0 Å². The number of benzene rings is 1. The summed E-state index contributed by atoms with van der Waals surface area (Å²) in [5.41, 5.74) is 0.971. The van der Waals surface area contributed by atoms with Crippen molar-refractivity contribution in [1.82, 2.24) is 10.2 Å². The Kier molecular flexibility index (Phi) is 14.9. The molecule has 1 aromatic rings. The average Bonchev–Trinajstić information content (AvgIpc) is 2.45. The summed E-state index contributed by atoms with van der Waals surface area (Å²) >= 11 is 0. The summed E-state index contributed by atoms with van der Waals surface area (Å²) in [4.78, 5) is 14.0. The fourth-order valence-corrected chi connectivity index (χ4v) is 1.90. The first-order valence-electron chi connectivity index (χ1n) is 7.04. The highest BCUT2D eigenvalue weighted by Crippen LogP contribution is 2.03. The zero-order valence-corrected chi connectivity index (χ0v) is 14.4. The van der Waals surface area contributed by atoms with E-state index in [0.29, 0.717) is 13.1 Å². The molecule has 0 aliphatic carbocycles. The first kappa shape index (κ1) is 22.3. The van der Waals surface area contributed by atoms with Crippen molar-refractivity contribution in [1.29, 1.82) is 0 Å². The Morgan fingerprint density at radius 3 is 2.33 bits per heavy atom. The van der Waals surface area contributed by atoms with Crippen molar-refractivity contribution in [2.45, 2.75) is 20.3 Å². The quantitative estimate of drug-likeness (QED) is 0.729. The molecule has 0 aliphatic heterocycles. The van der Waals surface area contributed by atoms with Gasteiger partial charge in [0.25, 0.3) is 0 Å². The Morgan fingerprint density at radius 2 is 1.76 bits per heavy atom. The number of nitrogens with one attached hydrogen (secondary N) is 2. The van der Waals surface area contributed by atoms with Crippen molar-refractivity contribution in [2.75, 3.05) is 38.0 Å². The summed E-state index contributed by atoms with van der Waals surface area (Å²) in [5, 5.41) is 6.03. The molecule has 1 aromatic carbocycles. The SMILES string of the molecule is CCCN(CC)CCNC(=O)CNc1ccccc1.Cl.Cl. The van der Waals surface area contributed by atoms with Crippen LogP contribution in [-0.2, 0) is 4.79 Å². The highest BCUT2D eigenvalue weighted by Gasteiger charge is 2.03. The van der Waals surface area contributed by atoms with Gasteiger partial charge in [-0.25, -0.2) is 0 Å². The van der Waals surface area contributed by atoms with Crippen LogP contribution in [0.15, 0.2) is 30.3 Å². The van der Waals surface area contributed by atoms with Gasteiger partial charge in [0.15, 0.2) is 0 Å². The average molecular weight is 336 g/mol. The maximum absolute atomic E-state index is 11.7. The van der Waals surface area contributed by atoms with Crippen LogP contribution in [0.1, 0.15) is 20.3 Å². The summed E-state index contributed by atoms with van der Waals surface area (Å²) in [5.74, 6) is 0.0383. The van der Waals surface area contributed by atoms with E-state index in [1.165, 1.54) is 0 Å². The lowest BCUT2D eigenvalue weighted by atomic mass is 10.3. The summed E-state index contributed by atoms with van der Waals surface area (Å²) in [6.07, 6.45) is 1.15. The summed E-state index contributed by atoms with van der Waals surface area (Å²) in [6, 6.07) is 9.76. The van der Waals surface area contributed by atoms with Crippen LogP contribution in [0.25, 0.3) is 0 Å². The summed E-state index contributed by atoms with van der Waals surface area (Å²) in [7, 11) is 0. The number of amides is 1. The van der Waals surface area contributed by atoms with E-state index >= 15 is 0 Å². The van der Waals surface area contributed by atoms with E-state index in [9.17, 15) is 4.79 Å². The van der Waals surface area contributed by atoms with Crippen LogP contribution in [0, 0.1) is 0 Å². The number of hydrogen-bond donors (Lipinski definition) is 2. The van der Waals surface area contributed by atoms with Crippen molar-refractivity contribution >= 4 is 36.4 Å². The van der Waals surface area contributed by atoms with Gasteiger partial charge in [0, 0.05) is 18.8 Å². The van der Waals surface area contributed by atoms with Gasteiger partial charge in [0.2, 0.25) is 5.91 Å². The number of carbonyl (C=O) groups is 1. The van der Waals surface area contributed by atoms with Gasteiger partial charge in [-0.1, -0.05) is 32.0 Å². The third-order valence-corrected chi connectivity index (χ3v) is 2.96. The molecule has 0 saturated carbocycles. The number of nitrogens with zero attached hydrogens (tertiary/aromatic N) is 1. The minimum atomic E-state index is 0. The molecule has 0 saturated heterocycles. The number of halogens is 2. The Hall–Kier alpha value is -0.970. The minimum Gasteiger partial charge on any atom is -0.376 e. The van der Waals surface area contributed by atoms with E-state index in [4.69, 9.17) is 0 Å². The van der Waals surface area contributed by atoms with E-state index in [1.807, 2.05) is 30.3 Å². The van der Waals surface area contributed by atoms with Gasteiger partial charge in [0.1, 0.15) is 0 Å². The van der Waals surface area contributed by atoms with Crippen molar-refractivity contribution in [2.24, 2.45) is 0 Å². The Morgan fingerprint density at radius 1 is 1.10 bits per heavy atom. The fraction of sp³-hybridized carbons (Fsp3) is 0.533. The fourth-order valence-electron chi connectivity index (χ4n) is 1.90. The predicted octanol–water partition coefficient (Wildman–Crippen LogP) is 2.79. The summed E-state index contributed by atoms with van der Waals surface area (Å²) < 4.78 is 0. The van der Waals surface area contributed by atoms with E-state index in [0.717, 1.165) is 31.7 Å². The molecule has 0 aliphatic rings. The van der Waals surface area contributed by atoms with E-state index in [2.05, 4.69) is 29.4 Å². The van der Waals surface area contributed by atoms with Crippen molar-refractivity contribution in [3.05, 3.63) is 30.3 Å². The third kappa shape index (κ3) is 10.4. The van der Waals surface area contributed by atoms with Crippen molar-refractivity contribution < 1.29 is 4.79 Å². The molecule has 0 heterocycles. The zero-order valence-electron chi connectivity index (χ0n) is 12.8. The molecular weight excluding hydrogens is 309 g/mol. The highest BCUT2D eigenvalue weighted by molar-refractivity contribution is 5.85. The molecule has 2 N–H and O–H groups in total. The van der Waals surface area contributed by atoms with Crippen molar-refractivity contribution in [3.8, 4) is 0 Å². The van der Waals surface area contributed by atoms with E-state index < -0.39 is 0 Å². The first-order chi connectivity index (χ1) is 9.26. The van der Waals surface area contributed by atoms with Crippen LogP contribution in [-0.4, -0.2) is 43.5 Å². The molecule has 0 fully saturated rings. The molecule has 0 radical (unpaired) electrons. The smallest absolute Gasteiger partial charge is 0.239 e. The van der Waals surface area contributed by atoms with Crippen LogP contribution in [0.5, 0.6) is 0 Å². The molecule has 122 valence electrons. The molecule has 4 nitrogen and oxygen atoms in total. The van der Waals surface area contributed by atoms with Gasteiger partial charge >= 0.3 is 0 Å². The third-order valence-electron chi connectivity index (χ3n) is 2.96. The van der Waals surface area contributed by atoms with Crippen molar-refractivity contribution in [3.63, 3.8) is 0 Å². The number of carbonyl (C=O) groups excluding carboxylic acids is 1. The Balaban J connectivity index is 0. The van der Waals surface area contributed by atoms with Gasteiger partial charge in [-0.2, -0.15) is 0 Å². The molecule has 0 spiro atoms. The van der Waals surface area contributed by atoms with E-state index in [-0.39, 0.29) is 30.7 Å². The molecule has 1 rings (SSSR count). The van der Waals surface area contributed by atoms with Gasteiger partial charge < -0.3 is 15.5 Å². The normalized spacial score (nSPS) is 9.48. The van der Waals surface area contributed by atoms with E-state index in [1.54, 1.807) is 0 Å². The molecule has 0 unspecified atom stereocenters. The summed E-state index contributed by atoms with van der Waals surface area (Å²) in [6.45, 7) is 8.40. The first-order valence-corrected chi connectivity index (χ1v) is 7.04. The topological polar surface area (TPSA) is 44.4 Å². The molecule has 0 bridgehead atoms. The monoisotopic (exact) mass is 335 g/mol. The molecular formula is C15H27Cl2N3O. The molecule has 21 heavy (non-hydrogen) atoms. The van der Waals surface area contributed by atoms with Crippen LogP contribution >= 0.6 is 24.8 Å². The lowest BCUT2D eigenvalue weighted by molar-refractivity contribution is -0.119. The number of para-hydroxylation sites is 1. The van der Waals surface area contributed by atoms with Gasteiger partial charge in [0.05, 0.1) is 6.54 Å². The second-order valence-corrected chi connectivity index (χ2v) is 4.50. The molecule has 6 heteroatoms. The lowest BCUT2D eigenvalue weighted by Gasteiger charge is -2.19. The predicted molar refractivity (Wildman–Crippen MR) is 94.8 cm³/mol. The second kappa shape index (κ2) is 14.0. The zero-order chi connectivity index (χ0) is 13.9. The molecule has 0 atom stereocenters. The molecule has 1 amide bonds. The van der Waals surface area contributed by atoms with Crippen LogP contribution in [0.2, 0.25) is 0 Å².